The number of benzene rings is 1. The molecule has 5 rings (SSSR count). The molecule has 6 nitrogen and oxygen atoms in total. The Kier molecular flexibility index (Phi) is 6.81. The van der Waals surface area contributed by atoms with Crippen LogP contribution in [0.2, 0.25) is 5.02 Å². The first-order valence-electron chi connectivity index (χ1n) is 9.74. The van der Waals surface area contributed by atoms with Crippen molar-refractivity contribution >= 4 is 47.3 Å². The molecule has 0 amide bonds. The quantitative estimate of drug-likeness (QED) is 0.729. The summed E-state index contributed by atoms with van der Waals surface area (Å²) in [5.41, 5.74) is 2.58. The largest absolute Gasteiger partial charge is 0.454 e. The van der Waals surface area contributed by atoms with Crippen LogP contribution in [0.15, 0.2) is 55.8 Å². The molecule has 4 heterocycles. The van der Waals surface area contributed by atoms with Gasteiger partial charge in [0.15, 0.2) is 11.4 Å². The van der Waals surface area contributed by atoms with Gasteiger partial charge in [-0.15, -0.1) is 12.4 Å². The molecule has 164 valence electrons. The average Bonchev–Trinajstić information content (AvgIpc) is 3.37. The molecule has 1 atom stereocenters. The van der Waals surface area contributed by atoms with Crippen LogP contribution >= 0.6 is 24.0 Å². The number of aliphatic imine (C=N–C) groups is 3. The summed E-state index contributed by atoms with van der Waals surface area (Å²) in [6, 6.07) is 8.20. The lowest BCUT2D eigenvalue weighted by Gasteiger charge is -2.35. The third-order valence-electron chi connectivity index (χ3n) is 5.75. The van der Waals surface area contributed by atoms with Crippen LogP contribution in [0.25, 0.3) is 17.0 Å². The molecule has 1 saturated heterocycles. The van der Waals surface area contributed by atoms with Gasteiger partial charge in [0, 0.05) is 11.5 Å². The van der Waals surface area contributed by atoms with E-state index in [9.17, 15) is 4.39 Å². The van der Waals surface area contributed by atoms with Crippen molar-refractivity contribution in [2.75, 3.05) is 13.1 Å². The van der Waals surface area contributed by atoms with Crippen molar-refractivity contribution in [2.24, 2.45) is 20.9 Å². The molecule has 1 unspecified atom stereocenters. The van der Waals surface area contributed by atoms with Gasteiger partial charge >= 0.3 is 0 Å². The predicted molar refractivity (Wildman–Crippen MR) is 125 cm³/mol. The number of allylic oxidation sites excluding steroid dienone is 1. The van der Waals surface area contributed by atoms with Crippen LogP contribution in [0.3, 0.4) is 0 Å². The monoisotopic (exact) mass is 464 g/mol. The Morgan fingerprint density at radius 1 is 1.13 bits per heavy atom. The maximum absolute atomic E-state index is 13.4. The van der Waals surface area contributed by atoms with Crippen LogP contribution in [0.1, 0.15) is 25.5 Å². The van der Waals surface area contributed by atoms with Gasteiger partial charge in [0.2, 0.25) is 0 Å². The summed E-state index contributed by atoms with van der Waals surface area (Å²) in [6.45, 7) is 4.11. The van der Waals surface area contributed by atoms with Gasteiger partial charge in [-0.25, -0.2) is 9.38 Å². The molecular weight excluding hydrogens is 442 g/mol. The van der Waals surface area contributed by atoms with E-state index in [0.717, 1.165) is 37.4 Å². The number of nitrogens with zero attached hydrogens (tertiary/aromatic N) is 3. The maximum Gasteiger partial charge on any atom is 0.153 e. The van der Waals surface area contributed by atoms with Gasteiger partial charge in [-0.05, 0) is 69.3 Å². The van der Waals surface area contributed by atoms with E-state index in [1.165, 1.54) is 6.07 Å². The summed E-state index contributed by atoms with van der Waals surface area (Å²) in [7, 11) is 0. The zero-order valence-corrected chi connectivity index (χ0v) is 18.4. The number of halogens is 3. The minimum Gasteiger partial charge on any atom is -0.454 e. The SMILES string of the molecule is CC1(C2CCNCC2)N=CC2=NC(c3ccc(-c4ccc(F)c(Cl)c4)o3)=CC2=N1.Cl.O. The van der Waals surface area contributed by atoms with Crippen LogP contribution in [-0.4, -0.2) is 41.9 Å². The topological polar surface area (TPSA) is 93.8 Å². The highest BCUT2D eigenvalue weighted by atomic mass is 35.5. The zero-order chi connectivity index (χ0) is 20.0. The Morgan fingerprint density at radius 2 is 1.87 bits per heavy atom. The van der Waals surface area contributed by atoms with Crippen LogP contribution in [-0.2, 0) is 0 Å². The molecule has 0 saturated carbocycles. The van der Waals surface area contributed by atoms with E-state index >= 15 is 0 Å². The number of furan rings is 1. The molecular formula is C22H23Cl2FN4O2. The Labute approximate surface area is 190 Å². The fourth-order valence-electron chi connectivity index (χ4n) is 4.04. The Balaban J connectivity index is 0.00000136. The van der Waals surface area contributed by atoms with Gasteiger partial charge in [-0.1, -0.05) is 11.6 Å². The van der Waals surface area contributed by atoms with Crippen LogP contribution in [0, 0.1) is 11.7 Å². The van der Waals surface area contributed by atoms with Crippen LogP contribution in [0.4, 0.5) is 4.39 Å². The molecule has 0 spiro atoms. The van der Waals surface area contributed by atoms with E-state index in [0.29, 0.717) is 28.7 Å². The molecule has 2 aromatic rings. The van der Waals surface area contributed by atoms with Gasteiger partial charge in [-0.2, -0.15) is 0 Å². The van der Waals surface area contributed by atoms with Crippen molar-refractivity contribution in [1.29, 1.82) is 0 Å². The maximum atomic E-state index is 13.4. The van der Waals surface area contributed by atoms with E-state index in [1.807, 2.05) is 24.4 Å². The fraction of sp³-hybridized carbons (Fsp3) is 0.318. The standard InChI is InChI=1S/C22H20ClFN4O.ClH.H2O/c1-22(14-6-8-25-9-7-14)26-12-19-17(28-22)11-18(27-19)21-5-4-20(29-21)13-2-3-16(24)15(23)10-13;;/h2-5,10-12,14,25H,6-9H2,1H3;1H;1H2. The summed E-state index contributed by atoms with van der Waals surface area (Å²) in [4.78, 5) is 14.3. The van der Waals surface area contributed by atoms with Crippen molar-refractivity contribution < 1.29 is 14.3 Å². The summed E-state index contributed by atoms with van der Waals surface area (Å²) in [6.07, 6.45) is 5.91. The molecule has 31 heavy (non-hydrogen) atoms. The van der Waals surface area contributed by atoms with Crippen molar-refractivity contribution in [3.8, 4) is 11.3 Å². The van der Waals surface area contributed by atoms with Crippen molar-refractivity contribution in [3.63, 3.8) is 0 Å². The minimum atomic E-state index is -0.453. The highest BCUT2D eigenvalue weighted by Crippen LogP contribution is 2.35. The Bertz CT molecular complexity index is 1100. The predicted octanol–water partition coefficient (Wildman–Crippen LogP) is 4.37. The molecule has 1 fully saturated rings. The first-order chi connectivity index (χ1) is 14.0. The zero-order valence-electron chi connectivity index (χ0n) is 16.9. The first kappa shape index (κ1) is 23.3. The van der Waals surface area contributed by atoms with E-state index in [-0.39, 0.29) is 22.9 Å². The second kappa shape index (κ2) is 9.04. The highest BCUT2D eigenvalue weighted by molar-refractivity contribution is 6.68. The number of hydrogen-bond acceptors (Lipinski definition) is 5. The number of piperidine rings is 1. The smallest absolute Gasteiger partial charge is 0.153 e. The molecule has 9 heteroatoms. The molecule has 3 N–H and O–H groups in total. The third kappa shape index (κ3) is 4.36. The van der Waals surface area contributed by atoms with Crippen molar-refractivity contribution in [2.45, 2.75) is 25.4 Å². The average molecular weight is 465 g/mol. The number of fused-ring (bicyclic) bond motifs is 1. The summed E-state index contributed by atoms with van der Waals surface area (Å²) < 4.78 is 19.4. The van der Waals surface area contributed by atoms with E-state index < -0.39 is 11.5 Å². The van der Waals surface area contributed by atoms with Crippen molar-refractivity contribution in [1.82, 2.24) is 5.32 Å². The molecule has 1 aromatic carbocycles. The second-order valence-electron chi connectivity index (χ2n) is 7.69. The number of nitrogens with one attached hydrogen (secondary N) is 1. The second-order valence-corrected chi connectivity index (χ2v) is 8.10. The molecule has 0 aliphatic carbocycles. The fourth-order valence-corrected chi connectivity index (χ4v) is 4.22. The van der Waals surface area contributed by atoms with E-state index in [1.54, 1.807) is 12.1 Å². The molecule has 3 aliphatic heterocycles. The van der Waals surface area contributed by atoms with Gasteiger partial charge < -0.3 is 15.2 Å². The van der Waals surface area contributed by atoms with E-state index in [4.69, 9.17) is 26.0 Å². The lowest BCUT2D eigenvalue weighted by atomic mass is 9.85. The number of rotatable bonds is 3. The lowest BCUT2D eigenvalue weighted by Crippen LogP contribution is -2.42. The number of hydrogen-bond donors (Lipinski definition) is 1. The minimum absolute atomic E-state index is 0. The van der Waals surface area contributed by atoms with Gasteiger partial charge in [-0.3, -0.25) is 9.98 Å². The highest BCUT2D eigenvalue weighted by Gasteiger charge is 2.37. The molecule has 0 radical (unpaired) electrons. The summed E-state index contributed by atoms with van der Waals surface area (Å²) in [5.74, 6) is 1.20. The third-order valence-corrected chi connectivity index (χ3v) is 6.04. The lowest BCUT2D eigenvalue weighted by molar-refractivity contribution is 0.244. The normalized spacial score (nSPS) is 22.6. The molecule has 0 bridgehead atoms. The summed E-state index contributed by atoms with van der Waals surface area (Å²) >= 11 is 5.89. The Morgan fingerprint density at radius 3 is 2.61 bits per heavy atom. The van der Waals surface area contributed by atoms with E-state index in [2.05, 4.69) is 17.2 Å². The summed E-state index contributed by atoms with van der Waals surface area (Å²) in [5, 5.41) is 3.46. The molecule has 1 aromatic heterocycles. The Hall–Kier alpha value is -2.32. The van der Waals surface area contributed by atoms with Gasteiger partial charge in [0.05, 0.1) is 16.9 Å². The van der Waals surface area contributed by atoms with Gasteiger partial charge in [0.25, 0.3) is 0 Å². The molecule has 3 aliphatic rings. The van der Waals surface area contributed by atoms with Crippen LogP contribution < -0.4 is 5.32 Å². The van der Waals surface area contributed by atoms with Crippen molar-refractivity contribution in [3.05, 3.63) is 53.0 Å². The van der Waals surface area contributed by atoms with Crippen LogP contribution in [0.5, 0.6) is 0 Å². The van der Waals surface area contributed by atoms with Gasteiger partial charge in [0.1, 0.15) is 23.0 Å². The first-order valence-corrected chi connectivity index (χ1v) is 10.1.